The van der Waals surface area contributed by atoms with Gasteiger partial charge in [-0.1, -0.05) is 0 Å². The highest BCUT2D eigenvalue weighted by Gasteiger charge is 2.44. The van der Waals surface area contributed by atoms with Gasteiger partial charge in [0.05, 0.1) is 5.39 Å². The van der Waals surface area contributed by atoms with Crippen LogP contribution in [0.2, 0.25) is 0 Å². The second kappa shape index (κ2) is 8.53. The lowest BCUT2D eigenvalue weighted by Gasteiger charge is -2.52. The van der Waals surface area contributed by atoms with Crippen LogP contribution in [0.3, 0.4) is 0 Å². The summed E-state index contributed by atoms with van der Waals surface area (Å²) >= 11 is 0. The molecule has 5 heterocycles. The fourth-order valence-corrected chi connectivity index (χ4v) is 6.78. The average molecular weight is 495 g/mol. The Hall–Kier alpha value is -3.03. The molecule has 3 fully saturated rings. The zero-order chi connectivity index (χ0) is 25.2. The van der Waals surface area contributed by atoms with E-state index in [0.29, 0.717) is 48.4 Å². The largest absolute Gasteiger partial charge is 0.487 e. The van der Waals surface area contributed by atoms with Crippen molar-refractivity contribution in [2.75, 3.05) is 26.2 Å². The summed E-state index contributed by atoms with van der Waals surface area (Å²) in [6.45, 7) is 7.91. The van der Waals surface area contributed by atoms with Gasteiger partial charge in [0.2, 0.25) is 5.91 Å². The average Bonchev–Trinajstić information content (AvgIpc) is 2.81. The molecule has 1 aromatic carbocycles. The number of nitrogens with zero attached hydrogens (tertiary/aromatic N) is 2. The first-order chi connectivity index (χ1) is 17.2. The molecule has 1 aromatic heterocycles. The molecule has 0 radical (unpaired) electrons. The Morgan fingerprint density at radius 2 is 2.00 bits per heavy atom. The summed E-state index contributed by atoms with van der Waals surface area (Å²) in [5.74, 6) is 2.02. The summed E-state index contributed by atoms with van der Waals surface area (Å²) in [6, 6.07) is 3.56. The van der Waals surface area contributed by atoms with Crippen LogP contribution in [0.4, 0.5) is 0 Å². The molecular formula is C28H34N2O6. The molecule has 8 nitrogen and oxygen atoms in total. The number of benzene rings is 1. The number of hydrogen-bond donors (Lipinski definition) is 0. The molecule has 192 valence electrons. The van der Waals surface area contributed by atoms with Crippen molar-refractivity contribution < 1.29 is 23.5 Å². The van der Waals surface area contributed by atoms with Gasteiger partial charge < -0.3 is 23.7 Å². The number of fused-ring (bicyclic) bond motifs is 7. The van der Waals surface area contributed by atoms with Crippen LogP contribution in [0.5, 0.6) is 11.5 Å². The minimum atomic E-state index is -0.407. The molecule has 2 amide bonds. The van der Waals surface area contributed by atoms with Crippen LogP contribution in [-0.2, 0) is 16.0 Å². The molecule has 0 spiro atoms. The first-order valence-corrected chi connectivity index (χ1v) is 13.2. The van der Waals surface area contributed by atoms with Crippen LogP contribution in [0, 0.1) is 18.8 Å². The predicted molar refractivity (Wildman–Crippen MR) is 133 cm³/mol. The van der Waals surface area contributed by atoms with Crippen LogP contribution in [0.1, 0.15) is 57.1 Å². The summed E-state index contributed by atoms with van der Waals surface area (Å²) in [7, 11) is 0. The van der Waals surface area contributed by atoms with Crippen molar-refractivity contribution in [2.45, 2.75) is 70.9 Å². The molecule has 6 rings (SSSR count). The third-order valence-electron chi connectivity index (χ3n) is 8.49. The maximum Gasteiger partial charge on any atom is 0.336 e. The number of piperidine rings is 3. The van der Waals surface area contributed by atoms with E-state index >= 15 is 0 Å². The van der Waals surface area contributed by atoms with E-state index in [4.69, 9.17) is 13.9 Å². The fourth-order valence-electron chi connectivity index (χ4n) is 6.78. The Morgan fingerprint density at radius 3 is 2.83 bits per heavy atom. The Labute approximate surface area is 210 Å². The highest BCUT2D eigenvalue weighted by molar-refractivity contribution is 5.91. The van der Waals surface area contributed by atoms with Crippen LogP contribution < -0.4 is 15.1 Å². The van der Waals surface area contributed by atoms with E-state index in [1.807, 2.05) is 31.7 Å². The van der Waals surface area contributed by atoms with Gasteiger partial charge in [-0.15, -0.1) is 0 Å². The number of rotatable bonds is 3. The summed E-state index contributed by atoms with van der Waals surface area (Å²) in [4.78, 5) is 41.9. The van der Waals surface area contributed by atoms with Crippen molar-refractivity contribution in [3.63, 3.8) is 0 Å². The van der Waals surface area contributed by atoms with E-state index in [1.165, 1.54) is 6.07 Å². The van der Waals surface area contributed by atoms with Gasteiger partial charge in [-0.05, 0) is 70.3 Å². The molecule has 8 heteroatoms. The fraction of sp³-hybridized carbons (Fsp3) is 0.607. The van der Waals surface area contributed by atoms with Crippen molar-refractivity contribution in [3.05, 3.63) is 33.7 Å². The van der Waals surface area contributed by atoms with E-state index < -0.39 is 5.63 Å². The number of aryl methyl sites for hydroxylation is 2. The van der Waals surface area contributed by atoms with Crippen molar-refractivity contribution in [2.24, 2.45) is 11.8 Å². The molecule has 3 atom stereocenters. The van der Waals surface area contributed by atoms with Gasteiger partial charge in [0.15, 0.2) is 6.61 Å². The Kier molecular flexibility index (Phi) is 5.54. The van der Waals surface area contributed by atoms with Gasteiger partial charge in [0.25, 0.3) is 5.91 Å². The van der Waals surface area contributed by atoms with Crippen LogP contribution in [0.25, 0.3) is 11.0 Å². The topological polar surface area (TPSA) is 89.3 Å². The summed E-state index contributed by atoms with van der Waals surface area (Å²) < 4.78 is 18.0. The quantitative estimate of drug-likeness (QED) is 0.608. The second-order valence-electron chi connectivity index (χ2n) is 11.6. The van der Waals surface area contributed by atoms with Crippen molar-refractivity contribution >= 4 is 22.8 Å². The molecule has 36 heavy (non-hydrogen) atoms. The molecule has 0 unspecified atom stereocenters. The molecule has 2 aromatic rings. The third kappa shape index (κ3) is 4.04. The van der Waals surface area contributed by atoms with Crippen molar-refractivity contribution in [1.29, 1.82) is 0 Å². The smallest absolute Gasteiger partial charge is 0.336 e. The van der Waals surface area contributed by atoms with E-state index in [0.717, 1.165) is 55.2 Å². The monoisotopic (exact) mass is 494 g/mol. The Balaban J connectivity index is 1.24. The van der Waals surface area contributed by atoms with Crippen LogP contribution in [0.15, 0.2) is 21.3 Å². The van der Waals surface area contributed by atoms with Gasteiger partial charge in [0.1, 0.15) is 22.7 Å². The Morgan fingerprint density at radius 1 is 1.17 bits per heavy atom. The number of hydrogen-bond acceptors (Lipinski definition) is 6. The van der Waals surface area contributed by atoms with E-state index in [-0.39, 0.29) is 30.1 Å². The highest BCUT2D eigenvalue weighted by Crippen LogP contribution is 2.43. The summed E-state index contributed by atoms with van der Waals surface area (Å²) in [5, 5.41) is 0.719. The van der Waals surface area contributed by atoms with Gasteiger partial charge in [-0.3, -0.25) is 9.59 Å². The maximum absolute atomic E-state index is 13.3. The summed E-state index contributed by atoms with van der Waals surface area (Å²) in [5.41, 5.74) is 1.38. The molecule has 0 N–H and O–H groups in total. The van der Waals surface area contributed by atoms with Crippen LogP contribution >= 0.6 is 0 Å². The van der Waals surface area contributed by atoms with Crippen LogP contribution in [-0.4, -0.2) is 59.5 Å². The summed E-state index contributed by atoms with van der Waals surface area (Å²) in [6.07, 6.45) is 5.26. The van der Waals surface area contributed by atoms with Gasteiger partial charge in [-0.2, -0.15) is 0 Å². The normalized spacial score (nSPS) is 26.8. The van der Waals surface area contributed by atoms with E-state index in [2.05, 4.69) is 4.90 Å². The molecule has 3 saturated heterocycles. The molecule has 0 aliphatic carbocycles. The molecule has 4 aliphatic heterocycles. The first kappa shape index (κ1) is 23.4. The minimum absolute atomic E-state index is 0.0533. The zero-order valence-corrected chi connectivity index (χ0v) is 21.3. The Bertz CT molecular complexity index is 1300. The molecular weight excluding hydrogens is 460 g/mol. The lowest BCUT2D eigenvalue weighted by atomic mass is 9.76. The highest BCUT2D eigenvalue weighted by atomic mass is 16.5. The third-order valence-corrected chi connectivity index (χ3v) is 8.49. The lowest BCUT2D eigenvalue weighted by Crippen LogP contribution is -2.61. The SMILES string of the molecule is Cc1cc(=O)oc2c3c(cc(OCC(=O)N4C[C@H]5C[C@@H](C4)[C@H]4CCCC(=O)N4C5)c12)OC(C)(C)CC3. The standard InChI is InChI=1S/C28H34N2O6/c1-16-9-25(33)35-27-19-7-8-28(2,3)36-21(19)11-22(26(16)27)34-15-24(32)29-12-17-10-18(14-29)20-5-4-6-23(31)30(20)13-17/h9,11,17-18,20H,4-8,10,12-15H2,1-3H3/t17-,18+,20-/m1/s1. The van der Waals surface area contributed by atoms with E-state index in [1.54, 1.807) is 0 Å². The molecule has 2 bridgehead atoms. The molecule has 0 saturated carbocycles. The van der Waals surface area contributed by atoms with Gasteiger partial charge in [0, 0.05) is 49.8 Å². The van der Waals surface area contributed by atoms with Gasteiger partial charge in [-0.25, -0.2) is 4.79 Å². The number of likely N-dealkylation sites (tertiary alicyclic amines) is 1. The number of ether oxygens (including phenoxy) is 2. The first-order valence-electron chi connectivity index (χ1n) is 13.2. The second-order valence-corrected chi connectivity index (χ2v) is 11.6. The van der Waals surface area contributed by atoms with E-state index in [9.17, 15) is 14.4 Å². The number of amides is 2. The number of carbonyl (C=O) groups excluding carboxylic acids is 2. The predicted octanol–water partition coefficient (Wildman–Crippen LogP) is 3.44. The minimum Gasteiger partial charge on any atom is -0.487 e. The zero-order valence-electron chi connectivity index (χ0n) is 21.3. The number of carbonyl (C=O) groups is 2. The van der Waals surface area contributed by atoms with Crippen molar-refractivity contribution in [3.8, 4) is 11.5 Å². The molecule has 4 aliphatic rings. The lowest BCUT2D eigenvalue weighted by molar-refractivity contribution is -0.149. The van der Waals surface area contributed by atoms with Gasteiger partial charge >= 0.3 is 5.63 Å². The maximum atomic E-state index is 13.3. The van der Waals surface area contributed by atoms with Crippen molar-refractivity contribution in [1.82, 2.24) is 9.80 Å².